The molecule has 1 N–H and O–H groups in total. The molecule has 5 heteroatoms. The summed E-state index contributed by atoms with van der Waals surface area (Å²) in [6, 6.07) is 4.77. The monoisotopic (exact) mass is 274 g/mol. The minimum atomic E-state index is -0.632. The van der Waals surface area contributed by atoms with E-state index in [0.29, 0.717) is 23.8 Å². The van der Waals surface area contributed by atoms with Crippen LogP contribution in [0.3, 0.4) is 0 Å². The zero-order valence-electron chi connectivity index (χ0n) is 10.9. The summed E-state index contributed by atoms with van der Waals surface area (Å²) in [7, 11) is 0. The Balaban J connectivity index is 1.69. The van der Waals surface area contributed by atoms with Gasteiger partial charge in [-0.25, -0.2) is 9.37 Å². The minimum absolute atomic E-state index is 0.276. The quantitative estimate of drug-likeness (QED) is 0.916. The Morgan fingerprint density at radius 1 is 1.35 bits per heavy atom. The van der Waals surface area contributed by atoms with Crippen LogP contribution >= 0.6 is 0 Å². The fraction of sp³-hybridized carbons (Fsp3) is 0.400. The molecule has 4 nitrogen and oxygen atoms in total. The first kappa shape index (κ1) is 11.9. The molecular formula is C15H15FN2O2. The van der Waals surface area contributed by atoms with E-state index in [1.807, 2.05) is 6.33 Å². The Bertz CT molecular complexity index is 651. The smallest absolute Gasteiger partial charge is 0.143 e. The van der Waals surface area contributed by atoms with E-state index >= 15 is 0 Å². The van der Waals surface area contributed by atoms with Crippen LogP contribution in [0.5, 0.6) is 5.75 Å². The molecule has 2 aromatic rings. The van der Waals surface area contributed by atoms with E-state index in [-0.39, 0.29) is 11.9 Å². The largest absolute Gasteiger partial charge is 0.484 e. The summed E-state index contributed by atoms with van der Waals surface area (Å²) in [6.45, 7) is 0. The Labute approximate surface area is 115 Å². The van der Waals surface area contributed by atoms with Crippen molar-refractivity contribution in [2.75, 3.05) is 0 Å². The van der Waals surface area contributed by atoms with E-state index in [1.54, 1.807) is 12.3 Å². The summed E-state index contributed by atoms with van der Waals surface area (Å²) >= 11 is 0. The maximum atomic E-state index is 13.3. The number of aliphatic hydroxyl groups is 1. The Morgan fingerprint density at radius 2 is 2.20 bits per heavy atom. The highest BCUT2D eigenvalue weighted by Crippen LogP contribution is 2.43. The maximum Gasteiger partial charge on any atom is 0.143 e. The molecule has 1 aromatic carbocycles. The highest BCUT2D eigenvalue weighted by molar-refractivity contribution is 5.38. The van der Waals surface area contributed by atoms with Crippen molar-refractivity contribution >= 4 is 0 Å². The van der Waals surface area contributed by atoms with Crippen LogP contribution in [0.2, 0.25) is 0 Å². The topological polar surface area (TPSA) is 47.3 Å². The molecule has 4 rings (SSSR count). The first-order chi connectivity index (χ1) is 9.72. The second-order valence-electron chi connectivity index (χ2n) is 5.50. The average Bonchev–Trinajstić information content (AvgIpc) is 3.15. The first-order valence-electron chi connectivity index (χ1n) is 6.88. The fourth-order valence-corrected chi connectivity index (χ4v) is 2.82. The van der Waals surface area contributed by atoms with Crippen molar-refractivity contribution in [3.05, 3.63) is 47.8 Å². The summed E-state index contributed by atoms with van der Waals surface area (Å²) in [6.07, 6.45) is 5.46. The number of aromatic nitrogens is 2. The van der Waals surface area contributed by atoms with Crippen molar-refractivity contribution in [1.29, 1.82) is 0 Å². The van der Waals surface area contributed by atoms with Gasteiger partial charge in [0.2, 0.25) is 0 Å². The lowest BCUT2D eigenvalue weighted by Gasteiger charge is -2.30. The van der Waals surface area contributed by atoms with Crippen LogP contribution < -0.4 is 4.74 Å². The number of hydrogen-bond donors (Lipinski definition) is 1. The normalized spacial score (nSPS) is 25.1. The average molecular weight is 274 g/mol. The second kappa shape index (κ2) is 4.31. The molecular weight excluding hydrogens is 259 g/mol. The molecule has 1 aliphatic heterocycles. The number of nitrogens with zero attached hydrogens (tertiary/aromatic N) is 2. The van der Waals surface area contributed by atoms with Crippen LogP contribution in [0.15, 0.2) is 30.7 Å². The number of halogens is 1. The number of imidazole rings is 1. The molecule has 1 saturated carbocycles. The molecule has 2 aliphatic rings. The lowest BCUT2D eigenvalue weighted by atomic mass is 9.97. The zero-order valence-corrected chi connectivity index (χ0v) is 10.9. The summed E-state index contributed by atoms with van der Waals surface area (Å²) < 4.78 is 21.3. The van der Waals surface area contributed by atoms with Crippen LogP contribution in [-0.4, -0.2) is 14.7 Å². The third-order valence-corrected chi connectivity index (χ3v) is 4.01. The molecule has 1 unspecified atom stereocenters. The van der Waals surface area contributed by atoms with Gasteiger partial charge in [-0.1, -0.05) is 0 Å². The summed E-state index contributed by atoms with van der Waals surface area (Å²) in [5.74, 6) is 0.0737. The zero-order chi connectivity index (χ0) is 13.7. The molecule has 0 saturated heterocycles. The Hall–Kier alpha value is -1.88. The highest BCUT2D eigenvalue weighted by atomic mass is 19.1. The summed E-state index contributed by atoms with van der Waals surface area (Å²) in [5, 5.41) is 10.2. The second-order valence-corrected chi connectivity index (χ2v) is 5.50. The minimum Gasteiger partial charge on any atom is -0.484 e. The van der Waals surface area contributed by atoms with Gasteiger partial charge in [0.05, 0.1) is 24.3 Å². The molecule has 2 atom stereocenters. The van der Waals surface area contributed by atoms with Crippen molar-refractivity contribution in [1.82, 2.24) is 9.55 Å². The highest BCUT2D eigenvalue weighted by Gasteiger charge is 2.33. The maximum absolute atomic E-state index is 13.3. The van der Waals surface area contributed by atoms with Crippen LogP contribution in [-0.2, 0) is 0 Å². The van der Waals surface area contributed by atoms with Gasteiger partial charge in [0, 0.05) is 24.1 Å². The van der Waals surface area contributed by atoms with Crippen LogP contribution in [0.25, 0.3) is 0 Å². The van der Waals surface area contributed by atoms with Crippen LogP contribution in [0.1, 0.15) is 48.8 Å². The van der Waals surface area contributed by atoms with Crippen molar-refractivity contribution in [2.45, 2.75) is 37.5 Å². The van der Waals surface area contributed by atoms with E-state index in [1.165, 1.54) is 12.1 Å². The number of benzene rings is 1. The molecule has 1 aliphatic carbocycles. The Kier molecular flexibility index (Phi) is 2.57. The number of ether oxygens (including phenoxy) is 1. The number of hydrogen-bond acceptors (Lipinski definition) is 3. The lowest BCUT2D eigenvalue weighted by molar-refractivity contribution is 0.0614. The molecule has 0 amide bonds. The third-order valence-electron chi connectivity index (χ3n) is 4.01. The molecule has 104 valence electrons. The molecule has 0 spiro atoms. The Morgan fingerprint density at radius 3 is 3.00 bits per heavy atom. The van der Waals surface area contributed by atoms with Crippen LogP contribution in [0, 0.1) is 5.82 Å². The van der Waals surface area contributed by atoms with Gasteiger partial charge in [-0.05, 0) is 25.0 Å². The SMILES string of the molecule is O[C@@H]1CC(c2cncn2C2CC2)Oc2cc(F)ccc21. The van der Waals surface area contributed by atoms with Crippen molar-refractivity contribution in [3.63, 3.8) is 0 Å². The lowest BCUT2D eigenvalue weighted by Crippen LogP contribution is -2.21. The van der Waals surface area contributed by atoms with Gasteiger partial charge in [0.1, 0.15) is 17.7 Å². The molecule has 0 radical (unpaired) electrons. The molecule has 2 heterocycles. The summed E-state index contributed by atoms with van der Waals surface area (Å²) in [4.78, 5) is 4.18. The standard InChI is InChI=1S/C15H15FN2O2/c16-9-1-4-11-13(19)6-15(20-14(11)5-9)12-7-17-8-18(12)10-2-3-10/h1,4-5,7-8,10,13,15,19H,2-3,6H2/t13-,15?/m1/s1. The van der Waals surface area contributed by atoms with E-state index in [2.05, 4.69) is 9.55 Å². The predicted molar refractivity (Wildman–Crippen MR) is 69.8 cm³/mol. The van der Waals surface area contributed by atoms with Crippen molar-refractivity contribution < 1.29 is 14.2 Å². The van der Waals surface area contributed by atoms with Crippen molar-refractivity contribution in [3.8, 4) is 5.75 Å². The first-order valence-corrected chi connectivity index (χ1v) is 6.88. The van der Waals surface area contributed by atoms with E-state index in [0.717, 1.165) is 18.5 Å². The fourth-order valence-electron chi connectivity index (χ4n) is 2.82. The van der Waals surface area contributed by atoms with E-state index in [9.17, 15) is 9.50 Å². The molecule has 1 fully saturated rings. The van der Waals surface area contributed by atoms with E-state index < -0.39 is 6.10 Å². The van der Waals surface area contributed by atoms with Gasteiger partial charge in [-0.3, -0.25) is 0 Å². The number of fused-ring (bicyclic) bond motifs is 1. The van der Waals surface area contributed by atoms with E-state index in [4.69, 9.17) is 4.74 Å². The third kappa shape index (κ3) is 1.89. The number of aliphatic hydroxyl groups excluding tert-OH is 1. The van der Waals surface area contributed by atoms with Gasteiger partial charge in [0.15, 0.2) is 0 Å². The number of rotatable bonds is 2. The summed E-state index contributed by atoms with van der Waals surface area (Å²) in [5.41, 5.74) is 1.61. The van der Waals surface area contributed by atoms with Gasteiger partial charge in [0.25, 0.3) is 0 Å². The van der Waals surface area contributed by atoms with Gasteiger partial charge < -0.3 is 14.4 Å². The molecule has 1 aromatic heterocycles. The van der Waals surface area contributed by atoms with Crippen LogP contribution in [0.4, 0.5) is 4.39 Å². The molecule has 20 heavy (non-hydrogen) atoms. The van der Waals surface area contributed by atoms with Gasteiger partial charge in [-0.15, -0.1) is 0 Å². The van der Waals surface area contributed by atoms with Gasteiger partial charge >= 0.3 is 0 Å². The van der Waals surface area contributed by atoms with Gasteiger partial charge in [-0.2, -0.15) is 0 Å². The van der Waals surface area contributed by atoms with Crippen molar-refractivity contribution in [2.24, 2.45) is 0 Å². The molecule has 0 bridgehead atoms. The predicted octanol–water partition coefficient (Wildman–Crippen LogP) is 2.91.